The molecule has 2 unspecified atom stereocenters. The molecule has 2 atom stereocenters. The lowest BCUT2D eigenvalue weighted by molar-refractivity contribution is -0.128. The number of amides is 1. The molecule has 1 aliphatic carbocycles. The van der Waals surface area contributed by atoms with E-state index in [0.29, 0.717) is 11.3 Å². The molecule has 0 aromatic heterocycles. The second-order valence-corrected chi connectivity index (χ2v) is 5.14. The molecule has 0 heterocycles. The van der Waals surface area contributed by atoms with Crippen LogP contribution in [-0.4, -0.2) is 39.0 Å². The van der Waals surface area contributed by atoms with Gasteiger partial charge in [-0.1, -0.05) is 6.07 Å². The van der Waals surface area contributed by atoms with Gasteiger partial charge >= 0.3 is 0 Å². The molecule has 6 N–H and O–H groups in total. The van der Waals surface area contributed by atoms with E-state index in [9.17, 15) is 25.2 Å². The van der Waals surface area contributed by atoms with Crippen molar-refractivity contribution in [2.24, 2.45) is 11.7 Å². The second-order valence-electron chi connectivity index (χ2n) is 5.14. The smallest absolute Gasteiger partial charge is 0.231 e. The predicted octanol–water partition coefficient (Wildman–Crippen LogP) is 0.673. The van der Waals surface area contributed by atoms with Gasteiger partial charge in [-0.05, 0) is 17.7 Å². The van der Waals surface area contributed by atoms with Gasteiger partial charge in [0.15, 0.2) is 0 Å². The Bertz CT molecular complexity index is 666. The zero-order valence-electron chi connectivity index (χ0n) is 11.9. The first-order valence-electron chi connectivity index (χ1n) is 6.47. The maximum atomic E-state index is 11.6. The Labute approximate surface area is 126 Å². The van der Waals surface area contributed by atoms with Gasteiger partial charge in [0.25, 0.3) is 0 Å². The Kier molecular flexibility index (Phi) is 4.01. The van der Waals surface area contributed by atoms with Gasteiger partial charge in [-0.15, -0.1) is 0 Å². The Morgan fingerprint density at radius 1 is 1.36 bits per heavy atom. The van der Waals surface area contributed by atoms with Gasteiger partial charge in [-0.2, -0.15) is 0 Å². The quantitative estimate of drug-likeness (QED) is 0.555. The zero-order valence-corrected chi connectivity index (χ0v) is 11.9. The maximum absolute atomic E-state index is 11.6. The summed E-state index contributed by atoms with van der Waals surface area (Å²) in [4.78, 5) is 11.6. The number of phenols is 1. The average molecular weight is 307 g/mol. The monoisotopic (exact) mass is 307 g/mol. The van der Waals surface area contributed by atoms with Crippen LogP contribution >= 0.6 is 0 Å². The van der Waals surface area contributed by atoms with Crippen molar-refractivity contribution in [2.75, 3.05) is 7.11 Å². The third-order valence-corrected chi connectivity index (χ3v) is 3.52. The van der Waals surface area contributed by atoms with Crippen LogP contribution in [0.2, 0.25) is 0 Å². The van der Waals surface area contributed by atoms with Gasteiger partial charge < -0.3 is 30.9 Å². The lowest BCUT2D eigenvalue weighted by atomic mass is 9.77. The van der Waals surface area contributed by atoms with Crippen LogP contribution in [0.25, 0.3) is 0 Å². The van der Waals surface area contributed by atoms with Crippen LogP contribution in [0, 0.1) is 5.92 Å². The molecule has 7 nitrogen and oxygen atoms in total. The highest BCUT2D eigenvalue weighted by molar-refractivity contribution is 5.82. The summed E-state index contributed by atoms with van der Waals surface area (Å²) >= 11 is 0. The van der Waals surface area contributed by atoms with E-state index in [4.69, 9.17) is 10.5 Å². The molecular formula is C15H17NO6. The molecule has 118 valence electrons. The second kappa shape index (κ2) is 5.61. The Hall–Kier alpha value is -2.67. The first kappa shape index (κ1) is 15.7. The average Bonchev–Trinajstić information content (AvgIpc) is 2.38. The zero-order chi connectivity index (χ0) is 16.5. The molecule has 22 heavy (non-hydrogen) atoms. The summed E-state index contributed by atoms with van der Waals surface area (Å²) < 4.78 is 5.11. The summed E-state index contributed by atoms with van der Waals surface area (Å²) in [5.74, 6) is -2.97. The fourth-order valence-corrected chi connectivity index (χ4v) is 2.60. The van der Waals surface area contributed by atoms with Gasteiger partial charge in [-0.3, -0.25) is 4.79 Å². The fourth-order valence-electron chi connectivity index (χ4n) is 2.60. The van der Waals surface area contributed by atoms with Crippen molar-refractivity contribution in [3.63, 3.8) is 0 Å². The van der Waals surface area contributed by atoms with Gasteiger partial charge in [0.2, 0.25) is 5.91 Å². The fraction of sp³-hybridized carbons (Fsp3) is 0.267. The topological polar surface area (TPSA) is 133 Å². The molecule has 0 bridgehead atoms. The molecule has 1 aromatic rings. The van der Waals surface area contributed by atoms with Crippen LogP contribution < -0.4 is 10.5 Å². The number of phenolic OH excluding ortho intramolecular Hbond substituents is 1. The van der Waals surface area contributed by atoms with Crippen LogP contribution in [0.15, 0.2) is 41.9 Å². The third-order valence-electron chi connectivity index (χ3n) is 3.52. The summed E-state index contributed by atoms with van der Waals surface area (Å²) in [6, 6.07) is 4.24. The largest absolute Gasteiger partial charge is 0.511 e. The summed E-state index contributed by atoms with van der Waals surface area (Å²) in [6.07, 6.45) is 1.85. The number of primary amides is 1. The number of ether oxygens (including phenoxy) is 1. The van der Waals surface area contributed by atoms with Crippen LogP contribution in [0.3, 0.4) is 0 Å². The molecule has 0 spiro atoms. The maximum Gasteiger partial charge on any atom is 0.231 e. The lowest BCUT2D eigenvalue weighted by Gasteiger charge is -2.34. The van der Waals surface area contributed by atoms with E-state index in [1.54, 1.807) is 0 Å². The molecule has 1 aliphatic rings. The molecule has 0 aliphatic heterocycles. The molecule has 2 rings (SSSR count). The Morgan fingerprint density at radius 3 is 2.64 bits per heavy atom. The van der Waals surface area contributed by atoms with Crippen molar-refractivity contribution < 1.29 is 30.0 Å². The van der Waals surface area contributed by atoms with Gasteiger partial charge in [0.1, 0.15) is 34.5 Å². The summed E-state index contributed by atoms with van der Waals surface area (Å²) in [7, 11) is 1.39. The molecule has 0 radical (unpaired) electrons. The lowest BCUT2D eigenvalue weighted by Crippen LogP contribution is -2.48. The highest BCUT2D eigenvalue weighted by atomic mass is 16.5. The number of hydrogen-bond acceptors (Lipinski definition) is 6. The number of carbonyl (C=O) groups excluding carboxylic acids is 1. The van der Waals surface area contributed by atoms with E-state index in [0.717, 1.165) is 12.2 Å². The summed E-state index contributed by atoms with van der Waals surface area (Å²) in [5, 5.41) is 39.6. The number of carbonyl (C=O) groups is 1. The Balaban J connectivity index is 2.45. The van der Waals surface area contributed by atoms with Crippen LogP contribution in [0.1, 0.15) is 5.56 Å². The van der Waals surface area contributed by atoms with Crippen molar-refractivity contribution in [1.29, 1.82) is 0 Å². The minimum absolute atomic E-state index is 0.0242. The Morgan fingerprint density at radius 2 is 2.05 bits per heavy atom. The molecule has 0 saturated carbocycles. The van der Waals surface area contributed by atoms with Crippen molar-refractivity contribution in [3.05, 3.63) is 47.4 Å². The number of aromatic hydroxyl groups is 1. The highest BCUT2D eigenvalue weighted by Crippen LogP contribution is 2.36. The molecule has 0 saturated heterocycles. The van der Waals surface area contributed by atoms with Crippen molar-refractivity contribution >= 4 is 5.91 Å². The molecule has 1 aromatic carbocycles. The van der Waals surface area contributed by atoms with E-state index in [-0.39, 0.29) is 17.9 Å². The minimum atomic E-state index is -1.92. The van der Waals surface area contributed by atoms with E-state index in [1.165, 1.54) is 25.3 Å². The van der Waals surface area contributed by atoms with Gasteiger partial charge in [-0.25, -0.2) is 0 Å². The predicted molar refractivity (Wildman–Crippen MR) is 77.4 cm³/mol. The number of benzene rings is 1. The number of hydrogen-bond donors (Lipinski definition) is 5. The van der Waals surface area contributed by atoms with E-state index < -0.39 is 23.2 Å². The molecule has 1 amide bonds. The molecule has 7 heteroatoms. The molecule has 0 fully saturated rings. The number of aliphatic hydroxyl groups excluding tert-OH is 2. The van der Waals surface area contributed by atoms with Gasteiger partial charge in [0, 0.05) is 18.6 Å². The van der Waals surface area contributed by atoms with Crippen LogP contribution in [0.5, 0.6) is 11.5 Å². The summed E-state index contributed by atoms with van der Waals surface area (Å²) in [6.45, 7) is 0. The van der Waals surface area contributed by atoms with Gasteiger partial charge in [0.05, 0.1) is 7.11 Å². The van der Waals surface area contributed by atoms with Crippen molar-refractivity contribution in [3.8, 4) is 11.5 Å². The highest BCUT2D eigenvalue weighted by Gasteiger charge is 2.45. The summed E-state index contributed by atoms with van der Waals surface area (Å²) in [5.41, 5.74) is 3.79. The van der Waals surface area contributed by atoms with E-state index in [1.807, 2.05) is 0 Å². The van der Waals surface area contributed by atoms with Crippen LogP contribution in [-0.2, 0) is 11.2 Å². The third kappa shape index (κ3) is 2.84. The van der Waals surface area contributed by atoms with E-state index in [2.05, 4.69) is 0 Å². The SMILES string of the molecule is COc1cc(O)ccc1CC1(O)C=C(O)C=C(O)C1C(N)=O. The normalized spacial score (nSPS) is 24.4. The standard InChI is InChI=1S/C15H17NO6/c1-22-12-5-9(17)3-2-8(12)6-15(21)7-10(18)4-11(19)13(15)14(16)20/h2-5,7,13,17-19,21H,6H2,1H3,(H2,16,20). The van der Waals surface area contributed by atoms with Crippen molar-refractivity contribution in [2.45, 2.75) is 12.0 Å². The first-order chi connectivity index (χ1) is 10.3. The number of allylic oxidation sites excluding steroid dienone is 1. The van der Waals surface area contributed by atoms with E-state index >= 15 is 0 Å². The van der Waals surface area contributed by atoms with Crippen LogP contribution in [0.4, 0.5) is 0 Å². The minimum Gasteiger partial charge on any atom is -0.511 e. The molecular weight excluding hydrogens is 290 g/mol. The number of nitrogens with two attached hydrogens (primary N) is 1. The first-order valence-corrected chi connectivity index (χ1v) is 6.47. The van der Waals surface area contributed by atoms with Crippen molar-refractivity contribution in [1.82, 2.24) is 0 Å². The number of rotatable bonds is 4. The number of aliphatic hydroxyl groups is 3. The number of methoxy groups -OCH3 is 1.